The van der Waals surface area contributed by atoms with Crippen molar-refractivity contribution in [3.8, 4) is 17.3 Å². The largest absolute Gasteiger partial charge is 0.466 e. The number of para-hydroxylation sites is 1. The predicted octanol–water partition coefficient (Wildman–Crippen LogP) is 3.79. The number of nitrogens with one attached hydrogen (secondary N) is 1. The number of furan rings is 1. The van der Waals surface area contributed by atoms with Gasteiger partial charge in [0, 0.05) is 36.3 Å². The maximum absolute atomic E-state index is 11.4. The van der Waals surface area contributed by atoms with Crippen LogP contribution >= 0.6 is 0 Å². The molecular formula is C23H19N5O3. The van der Waals surface area contributed by atoms with E-state index in [0.717, 1.165) is 22.2 Å². The van der Waals surface area contributed by atoms with Crippen LogP contribution in [-0.2, 0) is 4.79 Å². The maximum atomic E-state index is 11.4. The molecule has 31 heavy (non-hydrogen) atoms. The van der Waals surface area contributed by atoms with Crippen LogP contribution in [0.4, 0.5) is 0 Å². The summed E-state index contributed by atoms with van der Waals surface area (Å²) in [5, 5.41) is 8.41. The lowest BCUT2D eigenvalue weighted by molar-refractivity contribution is -0.119. The normalized spacial score (nSPS) is 12.2. The average Bonchev–Trinajstić information content (AvgIpc) is 3.40. The van der Waals surface area contributed by atoms with Crippen molar-refractivity contribution in [3.63, 3.8) is 0 Å². The number of benzene rings is 1. The van der Waals surface area contributed by atoms with Gasteiger partial charge in [-0.2, -0.15) is 0 Å². The van der Waals surface area contributed by atoms with Crippen LogP contribution in [-0.4, -0.2) is 32.0 Å². The highest BCUT2D eigenvalue weighted by atomic mass is 16.5. The zero-order valence-corrected chi connectivity index (χ0v) is 16.7. The lowest BCUT2D eigenvalue weighted by Crippen LogP contribution is -2.29. The van der Waals surface area contributed by atoms with E-state index < -0.39 is 6.10 Å². The summed E-state index contributed by atoms with van der Waals surface area (Å²) in [6, 6.07) is 17.1. The number of amides is 1. The molecule has 8 nitrogen and oxygen atoms in total. The number of imidazole rings is 1. The van der Waals surface area contributed by atoms with Crippen LogP contribution in [0, 0.1) is 0 Å². The SMILES string of the molecule is CC(=O)NCC(Oc1ccc2ncc(-c3cc4ccccc4o3)n2n1)c1cccnc1. The molecule has 0 aliphatic carbocycles. The standard InChI is InChI=1S/C23H19N5O3/c1-15(29)25-14-21(17-6-4-10-24-12-17)31-23-9-8-22-26-13-18(28(22)27-23)20-11-16-5-2-3-7-19(16)30-20/h2-13,21H,14H2,1H3,(H,25,29). The van der Waals surface area contributed by atoms with Gasteiger partial charge in [-0.15, -0.1) is 5.10 Å². The van der Waals surface area contributed by atoms with Crippen molar-refractivity contribution in [1.82, 2.24) is 24.9 Å². The molecule has 0 spiro atoms. The fraction of sp³-hybridized carbons (Fsp3) is 0.130. The molecule has 1 amide bonds. The van der Waals surface area contributed by atoms with Crippen LogP contribution in [0.3, 0.4) is 0 Å². The highest BCUT2D eigenvalue weighted by Crippen LogP contribution is 2.29. The number of rotatable bonds is 6. The van der Waals surface area contributed by atoms with E-state index in [2.05, 4.69) is 20.4 Å². The molecule has 0 fully saturated rings. The van der Waals surface area contributed by atoms with E-state index in [-0.39, 0.29) is 5.91 Å². The van der Waals surface area contributed by atoms with Crippen LogP contribution < -0.4 is 10.1 Å². The first-order valence-corrected chi connectivity index (χ1v) is 9.82. The van der Waals surface area contributed by atoms with Crippen molar-refractivity contribution in [3.05, 3.63) is 78.8 Å². The Morgan fingerprint density at radius 3 is 2.87 bits per heavy atom. The molecule has 1 atom stereocenters. The first kappa shape index (κ1) is 18.8. The number of pyridine rings is 1. The molecule has 4 aromatic heterocycles. The number of ether oxygens (including phenoxy) is 1. The number of aromatic nitrogens is 4. The summed E-state index contributed by atoms with van der Waals surface area (Å²) in [6.07, 6.45) is 4.68. The van der Waals surface area contributed by atoms with E-state index >= 15 is 0 Å². The van der Waals surface area contributed by atoms with E-state index in [0.29, 0.717) is 23.8 Å². The van der Waals surface area contributed by atoms with Crippen LogP contribution in [0.1, 0.15) is 18.6 Å². The first-order valence-electron chi connectivity index (χ1n) is 9.82. The molecule has 154 valence electrons. The summed E-state index contributed by atoms with van der Waals surface area (Å²) >= 11 is 0. The third kappa shape index (κ3) is 3.83. The third-order valence-corrected chi connectivity index (χ3v) is 4.87. The molecule has 5 rings (SSSR count). The van der Waals surface area contributed by atoms with Gasteiger partial charge in [-0.1, -0.05) is 24.3 Å². The summed E-state index contributed by atoms with van der Waals surface area (Å²) < 4.78 is 13.8. The number of nitrogens with zero attached hydrogens (tertiary/aromatic N) is 4. The van der Waals surface area contributed by atoms with Gasteiger partial charge in [0.2, 0.25) is 11.8 Å². The summed E-state index contributed by atoms with van der Waals surface area (Å²) in [7, 11) is 0. The average molecular weight is 413 g/mol. The first-order chi connectivity index (χ1) is 15.2. The minimum Gasteiger partial charge on any atom is -0.466 e. The fourth-order valence-electron chi connectivity index (χ4n) is 3.37. The van der Waals surface area contributed by atoms with Crippen LogP contribution in [0.5, 0.6) is 5.88 Å². The van der Waals surface area contributed by atoms with E-state index in [1.54, 1.807) is 29.2 Å². The second-order valence-corrected chi connectivity index (χ2v) is 7.06. The number of hydrogen-bond acceptors (Lipinski definition) is 6. The van der Waals surface area contributed by atoms with Gasteiger partial charge in [0.25, 0.3) is 0 Å². The van der Waals surface area contributed by atoms with Gasteiger partial charge >= 0.3 is 0 Å². The Kier molecular flexibility index (Phi) is 4.80. The van der Waals surface area contributed by atoms with Crippen LogP contribution in [0.2, 0.25) is 0 Å². The van der Waals surface area contributed by atoms with Crippen molar-refractivity contribution in [2.45, 2.75) is 13.0 Å². The molecule has 0 saturated heterocycles. The zero-order valence-electron chi connectivity index (χ0n) is 16.7. The number of carbonyl (C=O) groups is 1. The summed E-state index contributed by atoms with van der Waals surface area (Å²) in [5.41, 5.74) is 3.02. The van der Waals surface area contributed by atoms with Gasteiger partial charge < -0.3 is 14.5 Å². The Bertz CT molecular complexity index is 1330. The molecular weight excluding hydrogens is 394 g/mol. The van der Waals surface area contributed by atoms with Gasteiger partial charge in [-0.05, 0) is 24.3 Å². The summed E-state index contributed by atoms with van der Waals surface area (Å²) in [5.74, 6) is 0.921. The number of fused-ring (bicyclic) bond motifs is 2. The van der Waals surface area contributed by atoms with Gasteiger partial charge in [-0.25, -0.2) is 9.50 Å². The lowest BCUT2D eigenvalue weighted by atomic mass is 10.1. The van der Waals surface area contributed by atoms with Crippen molar-refractivity contribution in [1.29, 1.82) is 0 Å². The molecule has 1 aromatic carbocycles. The molecule has 8 heteroatoms. The molecule has 0 aliphatic rings. The van der Waals surface area contributed by atoms with Gasteiger partial charge in [0.1, 0.15) is 17.4 Å². The predicted molar refractivity (Wildman–Crippen MR) is 114 cm³/mol. The molecule has 0 bridgehead atoms. The Hall–Kier alpha value is -4.20. The summed E-state index contributed by atoms with van der Waals surface area (Å²) in [6.45, 7) is 1.76. The van der Waals surface area contributed by atoms with Crippen molar-refractivity contribution < 1.29 is 13.9 Å². The van der Waals surface area contributed by atoms with E-state index in [4.69, 9.17) is 9.15 Å². The Labute approximate surface area is 177 Å². The van der Waals surface area contributed by atoms with Crippen molar-refractivity contribution in [2.75, 3.05) is 6.54 Å². The second-order valence-electron chi connectivity index (χ2n) is 7.06. The second kappa shape index (κ2) is 7.91. The van der Waals surface area contributed by atoms with Gasteiger partial charge in [0.15, 0.2) is 11.4 Å². The molecule has 0 radical (unpaired) electrons. The lowest BCUT2D eigenvalue weighted by Gasteiger charge is -2.19. The monoisotopic (exact) mass is 413 g/mol. The summed E-state index contributed by atoms with van der Waals surface area (Å²) in [4.78, 5) is 20.0. The maximum Gasteiger partial charge on any atom is 0.232 e. The highest BCUT2D eigenvalue weighted by molar-refractivity contribution is 5.82. The zero-order chi connectivity index (χ0) is 21.2. The molecule has 0 saturated carbocycles. The topological polar surface area (TPSA) is 94.5 Å². The van der Waals surface area contributed by atoms with Gasteiger partial charge in [0.05, 0.1) is 12.7 Å². The minimum atomic E-state index is -0.444. The molecule has 0 aliphatic heterocycles. The number of carbonyl (C=O) groups excluding carboxylic acids is 1. The van der Waals surface area contributed by atoms with Crippen LogP contribution in [0.15, 0.2) is 77.6 Å². The number of hydrogen-bond donors (Lipinski definition) is 1. The van der Waals surface area contributed by atoms with E-state index in [9.17, 15) is 4.79 Å². The van der Waals surface area contributed by atoms with Crippen molar-refractivity contribution in [2.24, 2.45) is 0 Å². The Morgan fingerprint density at radius 1 is 1.16 bits per heavy atom. The molecule has 4 heterocycles. The third-order valence-electron chi connectivity index (χ3n) is 4.87. The quantitative estimate of drug-likeness (QED) is 0.455. The Morgan fingerprint density at radius 2 is 2.06 bits per heavy atom. The molecule has 1 N–H and O–H groups in total. The minimum absolute atomic E-state index is 0.136. The van der Waals surface area contributed by atoms with Crippen molar-refractivity contribution >= 4 is 22.5 Å². The smallest absolute Gasteiger partial charge is 0.232 e. The van der Waals surface area contributed by atoms with Crippen LogP contribution in [0.25, 0.3) is 28.1 Å². The van der Waals surface area contributed by atoms with Gasteiger partial charge in [-0.3, -0.25) is 9.78 Å². The van der Waals surface area contributed by atoms with E-state index in [1.807, 2.05) is 48.5 Å². The Balaban J connectivity index is 1.49. The molecule has 1 unspecified atom stereocenters. The highest BCUT2D eigenvalue weighted by Gasteiger charge is 2.17. The molecule has 5 aromatic rings. The van der Waals surface area contributed by atoms with E-state index in [1.165, 1.54) is 6.92 Å². The fourth-order valence-corrected chi connectivity index (χ4v) is 3.37.